The molecular weight excluding hydrogens is 392 g/mol. The molecule has 1 amide bonds. The van der Waals surface area contributed by atoms with Crippen LogP contribution in [0.5, 0.6) is 0 Å². The summed E-state index contributed by atoms with van der Waals surface area (Å²) in [7, 11) is -1.38. The molecule has 10 heteroatoms. The van der Waals surface area contributed by atoms with E-state index >= 15 is 0 Å². The molecule has 9 nitrogen and oxygen atoms in total. The second-order valence-corrected chi connectivity index (χ2v) is 8.66. The van der Waals surface area contributed by atoms with Crippen molar-refractivity contribution in [3.63, 3.8) is 0 Å². The summed E-state index contributed by atoms with van der Waals surface area (Å²) in [6.07, 6.45) is 3.56. The Hall–Kier alpha value is -2.98. The molecule has 2 heterocycles. The van der Waals surface area contributed by atoms with Crippen molar-refractivity contribution in [2.45, 2.75) is 26.8 Å². The number of rotatable bonds is 7. The smallest absolute Gasteiger partial charge is 0.222 e. The normalized spacial score (nSPS) is 11.6. The highest BCUT2D eigenvalue weighted by Gasteiger charge is 2.13. The minimum absolute atomic E-state index is 0.224. The highest BCUT2D eigenvalue weighted by Crippen LogP contribution is 2.27. The number of hydrogen-bond donors (Lipinski definition) is 3. The van der Waals surface area contributed by atoms with Gasteiger partial charge in [-0.25, -0.2) is 23.1 Å². The fraction of sp³-hybridized carbons (Fsp3) is 0.316. The first kappa shape index (κ1) is 20.7. The van der Waals surface area contributed by atoms with Crippen molar-refractivity contribution < 1.29 is 13.2 Å². The molecule has 3 rings (SSSR count). The molecule has 0 aliphatic rings. The largest absolute Gasteiger partial charge is 0.340 e. The molecule has 0 unspecified atom stereocenters. The Morgan fingerprint density at radius 2 is 2.00 bits per heavy atom. The van der Waals surface area contributed by atoms with Crippen LogP contribution in [0.2, 0.25) is 0 Å². The minimum atomic E-state index is -3.25. The van der Waals surface area contributed by atoms with Crippen molar-refractivity contribution >= 4 is 44.3 Å². The standard InChI is InChI=1S/C19H24N6O3S/c1-5-14-8-13(10-21-29(4,27)28)6-7-15(14)23-17-9-16-18(20-11-25(16)3)19(24-17)22-12(2)26/h6-9,11,21H,5,10H2,1-4H3,(H2,22,23,24,26). The van der Waals surface area contributed by atoms with Crippen LogP contribution in [0.4, 0.5) is 17.3 Å². The Morgan fingerprint density at radius 1 is 1.24 bits per heavy atom. The molecule has 0 saturated carbocycles. The molecule has 3 N–H and O–H groups in total. The fourth-order valence-corrected chi connectivity index (χ4v) is 3.40. The van der Waals surface area contributed by atoms with Crippen LogP contribution in [0.15, 0.2) is 30.6 Å². The number of amides is 1. The SMILES string of the molecule is CCc1cc(CNS(C)(=O)=O)ccc1Nc1cc2c(ncn2C)c(NC(C)=O)n1. The van der Waals surface area contributed by atoms with E-state index in [1.165, 1.54) is 6.92 Å². The van der Waals surface area contributed by atoms with Crippen LogP contribution in [-0.4, -0.2) is 35.1 Å². The van der Waals surface area contributed by atoms with E-state index in [9.17, 15) is 13.2 Å². The van der Waals surface area contributed by atoms with Gasteiger partial charge in [-0.3, -0.25) is 4.79 Å². The van der Waals surface area contributed by atoms with Crippen LogP contribution in [0.25, 0.3) is 11.0 Å². The highest BCUT2D eigenvalue weighted by atomic mass is 32.2. The molecule has 0 radical (unpaired) electrons. The van der Waals surface area contributed by atoms with Crippen molar-refractivity contribution in [2.75, 3.05) is 16.9 Å². The Kier molecular flexibility index (Phi) is 5.85. The number of imidazole rings is 1. The molecular formula is C19H24N6O3S. The summed E-state index contributed by atoms with van der Waals surface area (Å²) in [5.41, 5.74) is 4.19. The van der Waals surface area contributed by atoms with Crippen LogP contribution < -0.4 is 15.4 Å². The van der Waals surface area contributed by atoms with E-state index in [1.54, 1.807) is 6.33 Å². The predicted molar refractivity (Wildman–Crippen MR) is 114 cm³/mol. The second-order valence-electron chi connectivity index (χ2n) is 6.82. The van der Waals surface area contributed by atoms with Gasteiger partial charge in [0.25, 0.3) is 0 Å². The molecule has 0 saturated heterocycles. The van der Waals surface area contributed by atoms with Crippen molar-refractivity contribution in [1.29, 1.82) is 0 Å². The third-order valence-corrected chi connectivity index (χ3v) is 5.03. The zero-order valence-electron chi connectivity index (χ0n) is 16.8. The number of fused-ring (bicyclic) bond motifs is 1. The van der Waals surface area contributed by atoms with Crippen LogP contribution in [0.1, 0.15) is 25.0 Å². The summed E-state index contributed by atoms with van der Waals surface area (Å²) in [4.78, 5) is 20.4. The highest BCUT2D eigenvalue weighted by molar-refractivity contribution is 7.88. The lowest BCUT2D eigenvalue weighted by Crippen LogP contribution is -2.21. The van der Waals surface area contributed by atoms with Gasteiger partial charge in [0, 0.05) is 32.3 Å². The third kappa shape index (κ3) is 5.09. The number of pyridine rings is 1. The number of benzene rings is 1. The molecule has 0 aliphatic heterocycles. The number of aromatic nitrogens is 3. The Bertz CT molecular complexity index is 1170. The van der Waals surface area contributed by atoms with Gasteiger partial charge < -0.3 is 15.2 Å². The molecule has 0 bridgehead atoms. The van der Waals surface area contributed by atoms with Gasteiger partial charge in [0.2, 0.25) is 15.9 Å². The first-order chi connectivity index (χ1) is 13.7. The van der Waals surface area contributed by atoms with E-state index in [-0.39, 0.29) is 12.5 Å². The monoisotopic (exact) mass is 416 g/mol. The predicted octanol–water partition coefficient (Wildman–Crippen LogP) is 2.28. The van der Waals surface area contributed by atoms with E-state index in [0.717, 1.165) is 35.0 Å². The average molecular weight is 417 g/mol. The van der Waals surface area contributed by atoms with Gasteiger partial charge in [-0.15, -0.1) is 0 Å². The average Bonchev–Trinajstić information content (AvgIpc) is 3.01. The molecule has 154 valence electrons. The molecule has 0 spiro atoms. The first-order valence-electron chi connectivity index (χ1n) is 9.09. The van der Waals surface area contributed by atoms with E-state index in [2.05, 4.69) is 25.3 Å². The number of aryl methyl sites for hydroxylation is 2. The van der Waals surface area contributed by atoms with Crippen molar-refractivity contribution in [3.8, 4) is 0 Å². The second kappa shape index (κ2) is 8.18. The number of sulfonamides is 1. The summed E-state index contributed by atoms with van der Waals surface area (Å²) in [5.74, 6) is 0.741. The quantitative estimate of drug-likeness (QED) is 0.544. The molecule has 0 aliphatic carbocycles. The van der Waals surface area contributed by atoms with Gasteiger partial charge in [-0.1, -0.05) is 19.1 Å². The molecule has 29 heavy (non-hydrogen) atoms. The topological polar surface area (TPSA) is 118 Å². The van der Waals surface area contributed by atoms with Gasteiger partial charge in [-0.05, 0) is 23.6 Å². The Labute approximate surface area is 169 Å². The van der Waals surface area contributed by atoms with E-state index in [1.807, 2.05) is 42.8 Å². The molecule has 2 aromatic heterocycles. The maximum Gasteiger partial charge on any atom is 0.222 e. The van der Waals surface area contributed by atoms with Gasteiger partial charge in [0.05, 0.1) is 18.1 Å². The lowest BCUT2D eigenvalue weighted by Gasteiger charge is -2.14. The summed E-state index contributed by atoms with van der Waals surface area (Å²) < 4.78 is 27.0. The number of hydrogen-bond acceptors (Lipinski definition) is 6. The molecule has 3 aromatic rings. The van der Waals surface area contributed by atoms with Crippen molar-refractivity contribution in [3.05, 3.63) is 41.7 Å². The van der Waals surface area contributed by atoms with Crippen molar-refractivity contribution in [2.24, 2.45) is 7.05 Å². The first-order valence-corrected chi connectivity index (χ1v) is 11.0. The van der Waals surface area contributed by atoms with E-state index < -0.39 is 10.0 Å². The third-order valence-electron chi connectivity index (χ3n) is 4.36. The van der Waals surface area contributed by atoms with E-state index in [0.29, 0.717) is 17.2 Å². The lowest BCUT2D eigenvalue weighted by atomic mass is 10.1. The Morgan fingerprint density at radius 3 is 2.66 bits per heavy atom. The number of nitrogens with zero attached hydrogens (tertiary/aromatic N) is 3. The summed E-state index contributed by atoms with van der Waals surface area (Å²) >= 11 is 0. The summed E-state index contributed by atoms with van der Waals surface area (Å²) in [6.45, 7) is 3.68. The van der Waals surface area contributed by atoms with Gasteiger partial charge in [-0.2, -0.15) is 0 Å². The van der Waals surface area contributed by atoms with Gasteiger partial charge >= 0.3 is 0 Å². The maximum atomic E-state index is 11.5. The van der Waals surface area contributed by atoms with Gasteiger partial charge in [0.15, 0.2) is 5.82 Å². The zero-order valence-corrected chi connectivity index (χ0v) is 17.6. The number of anilines is 3. The number of carbonyl (C=O) groups is 1. The van der Waals surface area contributed by atoms with Crippen molar-refractivity contribution in [1.82, 2.24) is 19.3 Å². The van der Waals surface area contributed by atoms with E-state index in [4.69, 9.17) is 0 Å². The zero-order chi connectivity index (χ0) is 21.2. The van der Waals surface area contributed by atoms with Crippen LogP contribution in [0, 0.1) is 0 Å². The fourth-order valence-electron chi connectivity index (χ4n) is 2.97. The summed E-state index contributed by atoms with van der Waals surface area (Å²) in [6, 6.07) is 7.58. The lowest BCUT2D eigenvalue weighted by molar-refractivity contribution is -0.114. The van der Waals surface area contributed by atoms with Crippen LogP contribution >= 0.6 is 0 Å². The maximum absolute atomic E-state index is 11.5. The molecule has 1 aromatic carbocycles. The molecule has 0 fully saturated rings. The minimum Gasteiger partial charge on any atom is -0.340 e. The summed E-state index contributed by atoms with van der Waals surface area (Å²) in [5, 5.41) is 6.03. The van der Waals surface area contributed by atoms with Crippen LogP contribution in [0.3, 0.4) is 0 Å². The van der Waals surface area contributed by atoms with Crippen LogP contribution in [-0.2, 0) is 34.8 Å². The van der Waals surface area contributed by atoms with Gasteiger partial charge in [0.1, 0.15) is 11.3 Å². The Balaban J connectivity index is 1.93. The number of carbonyl (C=O) groups excluding carboxylic acids is 1. The molecule has 0 atom stereocenters. The number of nitrogens with one attached hydrogen (secondary N) is 3.